The van der Waals surface area contributed by atoms with Crippen molar-refractivity contribution in [1.29, 1.82) is 0 Å². The minimum Gasteiger partial charge on any atom is -0.508 e. The molecule has 0 aliphatic heterocycles. The van der Waals surface area contributed by atoms with E-state index in [0.717, 1.165) is 29.5 Å². The van der Waals surface area contributed by atoms with Crippen LogP contribution in [0.25, 0.3) is 0 Å². The van der Waals surface area contributed by atoms with Crippen molar-refractivity contribution in [2.24, 2.45) is 0 Å². The van der Waals surface area contributed by atoms with E-state index >= 15 is 0 Å². The van der Waals surface area contributed by atoms with Gasteiger partial charge in [-0.05, 0) is 23.8 Å². The fourth-order valence-electron chi connectivity index (χ4n) is 2.47. The molecule has 1 aromatic carbocycles. The molecule has 0 heterocycles. The number of phenolic OH excluding ortho intramolecular Hbond substituents is 2. The first-order valence-electron chi connectivity index (χ1n) is 6.78. The number of rotatable bonds is 3. The van der Waals surface area contributed by atoms with Gasteiger partial charge in [-0.15, -0.1) is 0 Å². The van der Waals surface area contributed by atoms with Crippen LogP contribution in [0, 0.1) is 0 Å². The Kier molecular flexibility index (Phi) is 4.31. The molecule has 2 heteroatoms. The van der Waals surface area contributed by atoms with Gasteiger partial charge in [0.05, 0.1) is 0 Å². The summed E-state index contributed by atoms with van der Waals surface area (Å²) in [6, 6.07) is 1.72. The number of hydrogen-bond acceptors (Lipinski definition) is 2. The molecule has 2 nitrogen and oxygen atoms in total. The fourth-order valence-corrected chi connectivity index (χ4v) is 2.47. The lowest BCUT2D eigenvalue weighted by Crippen LogP contribution is -2.16. The maximum absolute atomic E-state index is 10.5. The summed E-state index contributed by atoms with van der Waals surface area (Å²) < 4.78 is 0. The topological polar surface area (TPSA) is 40.5 Å². The standard InChI is InChI=1S/C16H26O2/c1-7-8-11-13(17)9-12(10(2)3)15(18)14(11)16(4,5)6/h9-10,17-18H,7-8H2,1-6H3. The Balaban J connectivity index is 3.59. The average Bonchev–Trinajstić information content (AvgIpc) is 2.21. The van der Waals surface area contributed by atoms with Gasteiger partial charge < -0.3 is 10.2 Å². The first-order valence-corrected chi connectivity index (χ1v) is 6.78. The van der Waals surface area contributed by atoms with Gasteiger partial charge in [0.15, 0.2) is 0 Å². The summed E-state index contributed by atoms with van der Waals surface area (Å²) in [5.74, 6) is 0.884. The predicted molar refractivity (Wildman–Crippen MR) is 76.6 cm³/mol. The van der Waals surface area contributed by atoms with Gasteiger partial charge in [-0.2, -0.15) is 0 Å². The van der Waals surface area contributed by atoms with Gasteiger partial charge in [0.25, 0.3) is 0 Å². The molecule has 0 aliphatic rings. The first kappa shape index (κ1) is 14.9. The molecule has 102 valence electrons. The Hall–Kier alpha value is -1.18. The Morgan fingerprint density at radius 1 is 1.17 bits per heavy atom. The lowest BCUT2D eigenvalue weighted by atomic mass is 9.79. The molecule has 1 aromatic rings. The maximum atomic E-state index is 10.5. The quantitative estimate of drug-likeness (QED) is 0.777. The zero-order chi connectivity index (χ0) is 14.1. The van der Waals surface area contributed by atoms with Crippen molar-refractivity contribution < 1.29 is 10.2 Å². The van der Waals surface area contributed by atoms with Crippen LogP contribution in [-0.4, -0.2) is 10.2 Å². The third-order valence-electron chi connectivity index (χ3n) is 3.29. The van der Waals surface area contributed by atoms with E-state index in [2.05, 4.69) is 27.7 Å². The Bertz CT molecular complexity index is 426. The molecule has 0 fully saturated rings. The van der Waals surface area contributed by atoms with E-state index in [1.807, 2.05) is 13.8 Å². The second-order valence-corrected chi connectivity index (χ2v) is 6.34. The SMILES string of the molecule is CCCc1c(O)cc(C(C)C)c(O)c1C(C)(C)C. The number of benzene rings is 1. The van der Waals surface area contributed by atoms with Crippen LogP contribution >= 0.6 is 0 Å². The number of aromatic hydroxyl groups is 2. The van der Waals surface area contributed by atoms with Crippen molar-refractivity contribution >= 4 is 0 Å². The molecular formula is C16H26O2. The van der Waals surface area contributed by atoms with E-state index in [4.69, 9.17) is 0 Å². The Labute approximate surface area is 111 Å². The van der Waals surface area contributed by atoms with Crippen LogP contribution in [0.1, 0.15) is 70.6 Å². The third-order valence-corrected chi connectivity index (χ3v) is 3.29. The van der Waals surface area contributed by atoms with Crippen LogP contribution in [0.4, 0.5) is 0 Å². The lowest BCUT2D eigenvalue weighted by molar-refractivity contribution is 0.419. The maximum Gasteiger partial charge on any atom is 0.123 e. The van der Waals surface area contributed by atoms with Crippen molar-refractivity contribution in [3.8, 4) is 11.5 Å². The summed E-state index contributed by atoms with van der Waals surface area (Å²) >= 11 is 0. The minimum absolute atomic E-state index is 0.170. The highest BCUT2D eigenvalue weighted by Crippen LogP contribution is 2.43. The van der Waals surface area contributed by atoms with Crippen molar-refractivity contribution in [2.75, 3.05) is 0 Å². The number of hydrogen-bond donors (Lipinski definition) is 2. The van der Waals surface area contributed by atoms with Gasteiger partial charge in [0.2, 0.25) is 0 Å². The molecule has 0 bridgehead atoms. The third kappa shape index (κ3) is 2.80. The molecule has 2 N–H and O–H groups in total. The van der Waals surface area contributed by atoms with Gasteiger partial charge in [-0.1, -0.05) is 48.0 Å². The fraction of sp³-hybridized carbons (Fsp3) is 0.625. The molecule has 0 spiro atoms. The van der Waals surface area contributed by atoms with E-state index < -0.39 is 0 Å². The van der Waals surface area contributed by atoms with E-state index in [0.29, 0.717) is 11.5 Å². The number of phenols is 2. The van der Waals surface area contributed by atoms with Crippen molar-refractivity contribution in [3.05, 3.63) is 22.8 Å². The van der Waals surface area contributed by atoms with Crippen molar-refractivity contribution in [2.45, 2.75) is 65.7 Å². The average molecular weight is 250 g/mol. The molecule has 1 rings (SSSR count). The summed E-state index contributed by atoms with van der Waals surface area (Å²) in [6.45, 7) is 12.4. The smallest absolute Gasteiger partial charge is 0.123 e. The molecule has 0 saturated heterocycles. The zero-order valence-electron chi connectivity index (χ0n) is 12.5. The van der Waals surface area contributed by atoms with Crippen LogP contribution < -0.4 is 0 Å². The lowest BCUT2D eigenvalue weighted by Gasteiger charge is -2.27. The zero-order valence-corrected chi connectivity index (χ0v) is 12.5. The summed E-state index contributed by atoms with van der Waals surface area (Å²) in [7, 11) is 0. The van der Waals surface area contributed by atoms with Crippen LogP contribution in [-0.2, 0) is 11.8 Å². The highest BCUT2D eigenvalue weighted by Gasteiger charge is 2.27. The summed E-state index contributed by atoms with van der Waals surface area (Å²) in [5, 5.41) is 20.7. The summed E-state index contributed by atoms with van der Waals surface area (Å²) in [5.41, 5.74) is 2.45. The summed E-state index contributed by atoms with van der Waals surface area (Å²) in [4.78, 5) is 0. The monoisotopic (exact) mass is 250 g/mol. The molecule has 0 unspecified atom stereocenters. The minimum atomic E-state index is -0.170. The first-order chi connectivity index (χ1) is 8.20. The molecule has 18 heavy (non-hydrogen) atoms. The Morgan fingerprint density at radius 2 is 1.72 bits per heavy atom. The van der Waals surface area contributed by atoms with Crippen molar-refractivity contribution in [3.63, 3.8) is 0 Å². The molecule has 0 saturated carbocycles. The molecule has 0 aromatic heterocycles. The Morgan fingerprint density at radius 3 is 2.11 bits per heavy atom. The van der Waals surface area contributed by atoms with E-state index in [9.17, 15) is 10.2 Å². The highest BCUT2D eigenvalue weighted by molar-refractivity contribution is 5.56. The normalized spacial score (nSPS) is 12.2. The van der Waals surface area contributed by atoms with Gasteiger partial charge in [-0.25, -0.2) is 0 Å². The van der Waals surface area contributed by atoms with E-state index in [-0.39, 0.29) is 11.3 Å². The van der Waals surface area contributed by atoms with Gasteiger partial charge in [-0.3, -0.25) is 0 Å². The summed E-state index contributed by atoms with van der Waals surface area (Å²) in [6.07, 6.45) is 1.75. The van der Waals surface area contributed by atoms with Crippen LogP contribution in [0.3, 0.4) is 0 Å². The molecule has 0 radical (unpaired) electrons. The van der Waals surface area contributed by atoms with Crippen LogP contribution in [0.5, 0.6) is 11.5 Å². The van der Waals surface area contributed by atoms with E-state index in [1.54, 1.807) is 6.07 Å². The van der Waals surface area contributed by atoms with Crippen LogP contribution in [0.2, 0.25) is 0 Å². The molecule has 0 aliphatic carbocycles. The van der Waals surface area contributed by atoms with Gasteiger partial charge in [0.1, 0.15) is 11.5 Å². The van der Waals surface area contributed by atoms with Crippen molar-refractivity contribution in [1.82, 2.24) is 0 Å². The predicted octanol–water partition coefficient (Wildman–Crippen LogP) is 4.47. The van der Waals surface area contributed by atoms with E-state index in [1.165, 1.54) is 0 Å². The van der Waals surface area contributed by atoms with Gasteiger partial charge >= 0.3 is 0 Å². The highest BCUT2D eigenvalue weighted by atomic mass is 16.3. The second kappa shape index (κ2) is 5.21. The molecule has 0 amide bonds. The van der Waals surface area contributed by atoms with Crippen LogP contribution in [0.15, 0.2) is 6.07 Å². The molecular weight excluding hydrogens is 224 g/mol. The molecule has 0 atom stereocenters. The second-order valence-electron chi connectivity index (χ2n) is 6.34. The van der Waals surface area contributed by atoms with Gasteiger partial charge in [0, 0.05) is 16.7 Å². The largest absolute Gasteiger partial charge is 0.508 e.